The third-order valence-electron chi connectivity index (χ3n) is 3.34. The molecule has 0 aliphatic carbocycles. The molecule has 1 saturated heterocycles. The van der Waals surface area contributed by atoms with Gasteiger partial charge in [-0.2, -0.15) is 13.2 Å². The first-order chi connectivity index (χ1) is 8.21. The number of carbonyl (C=O) groups is 2. The van der Waals surface area contributed by atoms with E-state index in [1.807, 2.05) is 0 Å². The summed E-state index contributed by atoms with van der Waals surface area (Å²) in [6.45, 7) is 1.85. The molecule has 2 unspecified atom stereocenters. The maximum Gasteiger partial charge on any atom is 0.471 e. The number of amides is 1. The molecule has 1 aliphatic rings. The van der Waals surface area contributed by atoms with E-state index in [1.165, 1.54) is 0 Å². The van der Waals surface area contributed by atoms with Crippen molar-refractivity contribution in [3.8, 4) is 0 Å². The maximum absolute atomic E-state index is 12.2. The Labute approximate surface area is 103 Å². The van der Waals surface area contributed by atoms with Gasteiger partial charge in [-0.3, -0.25) is 9.59 Å². The van der Waals surface area contributed by atoms with Crippen molar-refractivity contribution < 1.29 is 27.9 Å². The Bertz CT molecular complexity index is 330. The van der Waals surface area contributed by atoms with E-state index in [4.69, 9.17) is 5.11 Å². The second-order valence-electron chi connectivity index (χ2n) is 4.71. The molecule has 0 aromatic heterocycles. The molecule has 1 amide bonds. The van der Waals surface area contributed by atoms with Crippen molar-refractivity contribution in [2.45, 2.75) is 32.4 Å². The molecule has 18 heavy (non-hydrogen) atoms. The fourth-order valence-corrected chi connectivity index (χ4v) is 2.30. The van der Waals surface area contributed by atoms with Gasteiger partial charge in [-0.25, -0.2) is 0 Å². The molecule has 0 saturated carbocycles. The van der Waals surface area contributed by atoms with Crippen molar-refractivity contribution in [2.24, 2.45) is 11.8 Å². The summed E-state index contributed by atoms with van der Waals surface area (Å²) >= 11 is 0. The molecular weight excluding hydrogens is 251 g/mol. The molecule has 0 aromatic rings. The summed E-state index contributed by atoms with van der Waals surface area (Å²) < 4.78 is 36.7. The highest BCUT2D eigenvalue weighted by atomic mass is 19.4. The minimum absolute atomic E-state index is 0.0161. The molecule has 7 heteroatoms. The smallest absolute Gasteiger partial charge is 0.471 e. The first-order valence-corrected chi connectivity index (χ1v) is 5.79. The van der Waals surface area contributed by atoms with E-state index in [0.717, 1.165) is 4.90 Å². The molecule has 1 N–H and O–H groups in total. The molecular formula is C11H16F3NO3. The Morgan fingerprint density at radius 3 is 2.44 bits per heavy atom. The van der Waals surface area contributed by atoms with E-state index >= 15 is 0 Å². The number of halogens is 3. The minimum atomic E-state index is -4.83. The third kappa shape index (κ3) is 3.89. The van der Waals surface area contributed by atoms with Crippen molar-refractivity contribution in [3.05, 3.63) is 0 Å². The highest BCUT2D eigenvalue weighted by Crippen LogP contribution is 2.29. The van der Waals surface area contributed by atoms with Gasteiger partial charge < -0.3 is 10.0 Å². The number of hydrogen-bond donors (Lipinski definition) is 1. The Kier molecular flexibility index (Phi) is 4.59. The largest absolute Gasteiger partial charge is 0.481 e. The number of aliphatic carboxylic acids is 1. The van der Waals surface area contributed by atoms with E-state index in [2.05, 4.69) is 0 Å². The van der Waals surface area contributed by atoms with Crippen LogP contribution in [-0.2, 0) is 9.59 Å². The van der Waals surface area contributed by atoms with Crippen molar-refractivity contribution in [1.82, 2.24) is 4.90 Å². The lowest BCUT2D eigenvalue weighted by molar-refractivity contribution is -0.187. The van der Waals surface area contributed by atoms with E-state index in [9.17, 15) is 22.8 Å². The van der Waals surface area contributed by atoms with E-state index in [-0.39, 0.29) is 31.3 Å². The SMILES string of the molecule is CC1CN(C(=O)C(F)(F)F)CCC1CCC(=O)O. The predicted octanol–water partition coefficient (Wildman–Crippen LogP) is 1.90. The van der Waals surface area contributed by atoms with Gasteiger partial charge in [0.1, 0.15) is 0 Å². The average Bonchev–Trinajstić information content (AvgIpc) is 2.24. The predicted molar refractivity (Wildman–Crippen MR) is 56.8 cm³/mol. The van der Waals surface area contributed by atoms with Gasteiger partial charge >= 0.3 is 18.1 Å². The van der Waals surface area contributed by atoms with Crippen molar-refractivity contribution in [3.63, 3.8) is 0 Å². The van der Waals surface area contributed by atoms with Gasteiger partial charge in [0.05, 0.1) is 0 Å². The first-order valence-electron chi connectivity index (χ1n) is 5.79. The summed E-state index contributed by atoms with van der Waals surface area (Å²) in [4.78, 5) is 22.3. The van der Waals surface area contributed by atoms with Crippen molar-refractivity contribution in [2.75, 3.05) is 13.1 Å². The Morgan fingerprint density at radius 1 is 1.39 bits per heavy atom. The number of carboxylic acid groups (broad SMARTS) is 1. The standard InChI is InChI=1S/C11H16F3NO3/c1-7-6-15(10(18)11(12,13)14)5-4-8(7)2-3-9(16)17/h7-8H,2-6H2,1H3,(H,16,17). The molecule has 104 valence electrons. The number of carbonyl (C=O) groups excluding carboxylic acids is 1. The number of likely N-dealkylation sites (tertiary alicyclic amines) is 1. The van der Waals surface area contributed by atoms with Gasteiger partial charge in [0, 0.05) is 19.5 Å². The van der Waals surface area contributed by atoms with Gasteiger partial charge in [-0.15, -0.1) is 0 Å². The van der Waals surface area contributed by atoms with Crippen LogP contribution in [0, 0.1) is 11.8 Å². The summed E-state index contributed by atoms with van der Waals surface area (Å²) in [5.74, 6) is -2.75. The summed E-state index contributed by atoms with van der Waals surface area (Å²) in [6, 6.07) is 0. The Balaban J connectivity index is 2.50. The zero-order chi connectivity index (χ0) is 13.9. The molecule has 0 radical (unpaired) electrons. The lowest BCUT2D eigenvalue weighted by atomic mass is 9.83. The monoisotopic (exact) mass is 267 g/mol. The van der Waals surface area contributed by atoms with Gasteiger partial charge in [-0.05, 0) is 24.7 Å². The van der Waals surface area contributed by atoms with E-state index in [1.54, 1.807) is 6.92 Å². The molecule has 1 heterocycles. The molecule has 1 rings (SSSR count). The molecule has 0 bridgehead atoms. The van der Waals surface area contributed by atoms with Crippen LogP contribution in [0.1, 0.15) is 26.2 Å². The van der Waals surface area contributed by atoms with E-state index in [0.29, 0.717) is 12.8 Å². The summed E-state index contributed by atoms with van der Waals surface area (Å²) in [5, 5.41) is 8.56. The van der Waals surface area contributed by atoms with Crippen LogP contribution in [0.25, 0.3) is 0 Å². The van der Waals surface area contributed by atoms with Gasteiger partial charge in [0.2, 0.25) is 0 Å². The molecule has 1 fully saturated rings. The van der Waals surface area contributed by atoms with Gasteiger partial charge in [-0.1, -0.05) is 6.92 Å². The van der Waals surface area contributed by atoms with Crippen LogP contribution in [0.15, 0.2) is 0 Å². The van der Waals surface area contributed by atoms with E-state index < -0.39 is 18.1 Å². The Morgan fingerprint density at radius 2 is 2.00 bits per heavy atom. The quantitative estimate of drug-likeness (QED) is 0.849. The zero-order valence-electron chi connectivity index (χ0n) is 10.0. The number of rotatable bonds is 3. The first kappa shape index (κ1) is 14.8. The number of piperidine rings is 1. The number of alkyl halides is 3. The number of hydrogen-bond acceptors (Lipinski definition) is 2. The average molecular weight is 267 g/mol. The van der Waals surface area contributed by atoms with Crippen LogP contribution in [0.5, 0.6) is 0 Å². The van der Waals surface area contributed by atoms with Crippen LogP contribution in [-0.4, -0.2) is 41.1 Å². The lowest BCUT2D eigenvalue weighted by Crippen LogP contribution is -2.48. The van der Waals surface area contributed by atoms with Crippen LogP contribution < -0.4 is 0 Å². The molecule has 0 aromatic carbocycles. The molecule has 0 spiro atoms. The number of nitrogens with zero attached hydrogens (tertiary/aromatic N) is 1. The van der Waals surface area contributed by atoms with Crippen LogP contribution in [0.4, 0.5) is 13.2 Å². The maximum atomic E-state index is 12.2. The summed E-state index contributed by atoms with van der Waals surface area (Å²) in [7, 11) is 0. The zero-order valence-corrected chi connectivity index (χ0v) is 10.0. The molecule has 4 nitrogen and oxygen atoms in total. The topological polar surface area (TPSA) is 57.6 Å². The second kappa shape index (κ2) is 5.58. The number of carboxylic acids is 1. The summed E-state index contributed by atoms with van der Waals surface area (Å²) in [5.41, 5.74) is 0. The van der Waals surface area contributed by atoms with Crippen LogP contribution >= 0.6 is 0 Å². The highest BCUT2D eigenvalue weighted by molar-refractivity contribution is 5.81. The minimum Gasteiger partial charge on any atom is -0.481 e. The van der Waals surface area contributed by atoms with Crippen molar-refractivity contribution >= 4 is 11.9 Å². The highest BCUT2D eigenvalue weighted by Gasteiger charge is 2.44. The van der Waals surface area contributed by atoms with Gasteiger partial charge in [0.25, 0.3) is 0 Å². The fraction of sp³-hybridized carbons (Fsp3) is 0.818. The lowest BCUT2D eigenvalue weighted by Gasteiger charge is -2.37. The normalized spacial score (nSPS) is 25.0. The Hall–Kier alpha value is -1.27. The van der Waals surface area contributed by atoms with Crippen LogP contribution in [0.3, 0.4) is 0 Å². The third-order valence-corrected chi connectivity index (χ3v) is 3.34. The fourth-order valence-electron chi connectivity index (χ4n) is 2.30. The molecule has 1 aliphatic heterocycles. The van der Waals surface area contributed by atoms with Crippen LogP contribution in [0.2, 0.25) is 0 Å². The van der Waals surface area contributed by atoms with Gasteiger partial charge in [0.15, 0.2) is 0 Å². The second-order valence-corrected chi connectivity index (χ2v) is 4.71. The van der Waals surface area contributed by atoms with Crippen molar-refractivity contribution in [1.29, 1.82) is 0 Å². The molecule has 2 atom stereocenters. The summed E-state index contributed by atoms with van der Waals surface area (Å²) in [6.07, 6.45) is -3.93.